The van der Waals surface area contributed by atoms with Crippen LogP contribution in [0.4, 0.5) is 5.69 Å². The lowest BCUT2D eigenvalue weighted by molar-refractivity contribution is -0.118. The van der Waals surface area contributed by atoms with Crippen LogP contribution >= 0.6 is 0 Å². The number of amides is 1. The van der Waals surface area contributed by atoms with Crippen molar-refractivity contribution in [2.45, 2.75) is 19.4 Å². The molecule has 8 heteroatoms. The normalized spacial score (nSPS) is 12.1. The summed E-state index contributed by atoms with van der Waals surface area (Å²) in [7, 11) is 1.54. The highest BCUT2D eigenvalue weighted by atomic mass is 16.5. The second kappa shape index (κ2) is 6.91. The van der Waals surface area contributed by atoms with E-state index in [9.17, 15) is 4.79 Å². The van der Waals surface area contributed by atoms with Crippen molar-refractivity contribution in [1.29, 1.82) is 0 Å². The van der Waals surface area contributed by atoms with Crippen LogP contribution in [0.5, 0.6) is 0 Å². The Labute approximate surface area is 122 Å². The first-order chi connectivity index (χ1) is 10.1. The van der Waals surface area contributed by atoms with Crippen LogP contribution in [0.1, 0.15) is 12.0 Å². The Balaban J connectivity index is 2.05. The summed E-state index contributed by atoms with van der Waals surface area (Å²) < 4.78 is 6.65. The molecule has 3 N–H and O–H groups in total. The quantitative estimate of drug-likeness (QED) is 0.790. The molecule has 0 saturated heterocycles. The van der Waals surface area contributed by atoms with Crippen molar-refractivity contribution in [3.05, 3.63) is 30.1 Å². The number of aromatic nitrogens is 4. The Morgan fingerprint density at radius 3 is 2.90 bits per heavy atom. The van der Waals surface area contributed by atoms with Gasteiger partial charge in [-0.2, -0.15) is 0 Å². The molecule has 0 spiro atoms. The number of nitrogens with two attached hydrogens (primary N) is 1. The number of rotatable bonds is 6. The number of carbonyl (C=O) groups excluding carboxylic acids is 1. The zero-order valence-corrected chi connectivity index (χ0v) is 12.0. The predicted molar refractivity (Wildman–Crippen MR) is 77.0 cm³/mol. The number of methoxy groups -OCH3 is 1. The molecule has 0 bridgehead atoms. The van der Waals surface area contributed by atoms with Crippen LogP contribution in [0.3, 0.4) is 0 Å². The van der Waals surface area contributed by atoms with Gasteiger partial charge in [-0.3, -0.25) is 4.79 Å². The summed E-state index contributed by atoms with van der Waals surface area (Å²) in [6.07, 6.45) is 1.47. The first-order valence-corrected chi connectivity index (χ1v) is 6.50. The average molecular weight is 290 g/mol. The molecule has 2 aromatic rings. The molecule has 0 radical (unpaired) electrons. The maximum atomic E-state index is 11.9. The monoisotopic (exact) mass is 290 g/mol. The van der Waals surface area contributed by atoms with Crippen molar-refractivity contribution in [2.24, 2.45) is 5.73 Å². The largest absolute Gasteiger partial charge is 0.380 e. The molecule has 0 fully saturated rings. The van der Waals surface area contributed by atoms with Crippen LogP contribution in [0, 0.1) is 6.92 Å². The van der Waals surface area contributed by atoms with Gasteiger partial charge in [-0.1, -0.05) is 0 Å². The van der Waals surface area contributed by atoms with Gasteiger partial charge in [0.1, 0.15) is 6.33 Å². The van der Waals surface area contributed by atoms with E-state index in [1.165, 1.54) is 13.4 Å². The predicted octanol–water partition coefficient (Wildman–Crippen LogP) is 0.273. The maximum absolute atomic E-state index is 11.9. The van der Waals surface area contributed by atoms with Gasteiger partial charge in [0.15, 0.2) is 0 Å². The van der Waals surface area contributed by atoms with Crippen molar-refractivity contribution >= 4 is 11.6 Å². The third kappa shape index (κ3) is 3.83. The smallest absolute Gasteiger partial charge is 0.227 e. The van der Waals surface area contributed by atoms with Gasteiger partial charge in [-0.25, -0.2) is 4.68 Å². The first kappa shape index (κ1) is 15.1. The molecular weight excluding hydrogens is 272 g/mol. The molecule has 1 amide bonds. The zero-order valence-electron chi connectivity index (χ0n) is 12.0. The third-order valence-electron chi connectivity index (χ3n) is 3.09. The van der Waals surface area contributed by atoms with Crippen LogP contribution in [-0.4, -0.2) is 45.9 Å². The molecule has 1 unspecified atom stereocenters. The molecule has 112 valence electrons. The summed E-state index contributed by atoms with van der Waals surface area (Å²) in [5.41, 5.74) is 8.01. The number of nitrogens with one attached hydrogen (secondary N) is 1. The van der Waals surface area contributed by atoms with Gasteiger partial charge in [-0.05, 0) is 41.1 Å². The summed E-state index contributed by atoms with van der Waals surface area (Å²) >= 11 is 0. The minimum atomic E-state index is -0.272. The van der Waals surface area contributed by atoms with Crippen molar-refractivity contribution in [1.82, 2.24) is 20.2 Å². The standard InChI is InChI=1S/C13H18N6O2/c1-9-5-10(16-13(20)6-11(7-14)21-2)3-4-12(9)19-8-15-17-18-19/h3-5,8,11H,6-7,14H2,1-2H3,(H,16,20). The van der Waals surface area contributed by atoms with Gasteiger partial charge in [0.05, 0.1) is 18.2 Å². The molecule has 1 atom stereocenters. The highest BCUT2D eigenvalue weighted by Crippen LogP contribution is 2.18. The van der Waals surface area contributed by atoms with Crippen LogP contribution in [0.15, 0.2) is 24.5 Å². The van der Waals surface area contributed by atoms with Gasteiger partial charge >= 0.3 is 0 Å². The van der Waals surface area contributed by atoms with E-state index in [4.69, 9.17) is 10.5 Å². The Kier molecular flexibility index (Phi) is 4.96. The van der Waals surface area contributed by atoms with Gasteiger partial charge in [0, 0.05) is 19.3 Å². The average Bonchev–Trinajstić information content (AvgIpc) is 2.98. The van der Waals surface area contributed by atoms with Crippen LogP contribution in [0.2, 0.25) is 0 Å². The minimum Gasteiger partial charge on any atom is -0.380 e. The maximum Gasteiger partial charge on any atom is 0.227 e. The molecule has 2 rings (SSSR count). The molecule has 21 heavy (non-hydrogen) atoms. The fourth-order valence-corrected chi connectivity index (χ4v) is 1.94. The number of carbonyl (C=O) groups is 1. The van der Waals surface area contributed by atoms with Crippen LogP contribution in [0.25, 0.3) is 5.69 Å². The Bertz CT molecular complexity index is 595. The number of tetrazole rings is 1. The second-order valence-electron chi connectivity index (χ2n) is 4.60. The van der Waals surface area contributed by atoms with E-state index < -0.39 is 0 Å². The summed E-state index contributed by atoms with van der Waals surface area (Å²) in [6, 6.07) is 5.50. The fraction of sp³-hybridized carbons (Fsp3) is 0.385. The number of aryl methyl sites for hydroxylation is 1. The summed E-state index contributed by atoms with van der Waals surface area (Å²) in [5, 5.41) is 13.9. The molecule has 1 aromatic heterocycles. The lowest BCUT2D eigenvalue weighted by Gasteiger charge is -2.13. The van der Waals surface area contributed by atoms with Gasteiger partial charge < -0.3 is 15.8 Å². The number of nitrogens with zero attached hydrogens (tertiary/aromatic N) is 4. The number of benzene rings is 1. The number of hydrogen-bond acceptors (Lipinski definition) is 6. The van der Waals surface area contributed by atoms with E-state index >= 15 is 0 Å². The molecular formula is C13H18N6O2. The molecule has 0 aliphatic carbocycles. The van der Waals surface area contributed by atoms with E-state index in [2.05, 4.69) is 20.8 Å². The lowest BCUT2D eigenvalue weighted by atomic mass is 10.1. The van der Waals surface area contributed by atoms with Crippen molar-refractivity contribution in [3.8, 4) is 5.69 Å². The SMILES string of the molecule is COC(CN)CC(=O)Nc1ccc(-n2cnnn2)c(C)c1. The third-order valence-corrected chi connectivity index (χ3v) is 3.09. The number of anilines is 1. The lowest BCUT2D eigenvalue weighted by Crippen LogP contribution is -2.28. The van der Waals surface area contributed by atoms with Crippen molar-refractivity contribution < 1.29 is 9.53 Å². The molecule has 0 saturated carbocycles. The van der Waals surface area contributed by atoms with Crippen LogP contribution in [-0.2, 0) is 9.53 Å². The molecule has 0 aliphatic heterocycles. The Hall–Kier alpha value is -2.32. The first-order valence-electron chi connectivity index (χ1n) is 6.50. The molecule has 0 aliphatic rings. The zero-order chi connectivity index (χ0) is 15.2. The van der Waals surface area contributed by atoms with Gasteiger partial charge in [0.25, 0.3) is 0 Å². The number of ether oxygens (including phenoxy) is 1. The topological polar surface area (TPSA) is 108 Å². The Morgan fingerprint density at radius 2 is 2.33 bits per heavy atom. The summed E-state index contributed by atoms with van der Waals surface area (Å²) in [6.45, 7) is 2.23. The van der Waals surface area contributed by atoms with E-state index in [-0.39, 0.29) is 18.4 Å². The highest BCUT2D eigenvalue weighted by Gasteiger charge is 2.12. The van der Waals surface area contributed by atoms with E-state index in [0.29, 0.717) is 12.2 Å². The molecule has 1 aromatic carbocycles. The summed E-state index contributed by atoms with van der Waals surface area (Å²) in [5.74, 6) is -0.137. The van der Waals surface area contributed by atoms with Gasteiger partial charge in [-0.15, -0.1) is 5.10 Å². The fourth-order valence-electron chi connectivity index (χ4n) is 1.94. The second-order valence-corrected chi connectivity index (χ2v) is 4.60. The molecule has 1 heterocycles. The van der Waals surface area contributed by atoms with Crippen LogP contribution < -0.4 is 11.1 Å². The minimum absolute atomic E-state index is 0.137. The van der Waals surface area contributed by atoms with Crippen molar-refractivity contribution in [3.63, 3.8) is 0 Å². The van der Waals surface area contributed by atoms with Gasteiger partial charge in [0.2, 0.25) is 5.91 Å². The van der Waals surface area contributed by atoms with E-state index in [1.807, 2.05) is 19.1 Å². The summed E-state index contributed by atoms with van der Waals surface area (Å²) in [4.78, 5) is 11.9. The van der Waals surface area contributed by atoms with E-state index in [1.54, 1.807) is 10.7 Å². The van der Waals surface area contributed by atoms with Crippen molar-refractivity contribution in [2.75, 3.05) is 19.0 Å². The molecule has 8 nitrogen and oxygen atoms in total. The highest BCUT2D eigenvalue weighted by molar-refractivity contribution is 5.91. The number of hydrogen-bond donors (Lipinski definition) is 2. The Morgan fingerprint density at radius 1 is 1.52 bits per heavy atom. The van der Waals surface area contributed by atoms with E-state index in [0.717, 1.165) is 11.3 Å².